The largest absolute Gasteiger partial charge is 0.387 e. The molecule has 19 heavy (non-hydrogen) atoms. The molecule has 2 fully saturated rings. The van der Waals surface area contributed by atoms with Crippen molar-refractivity contribution in [3.05, 3.63) is 11.6 Å². The summed E-state index contributed by atoms with van der Waals surface area (Å²) < 4.78 is 0. The van der Waals surface area contributed by atoms with Crippen LogP contribution in [-0.2, 0) is 0 Å². The Hall–Kier alpha value is -0.690. The molecule has 106 valence electrons. The monoisotopic (exact) mass is 282 g/mol. The Morgan fingerprint density at radius 2 is 2.21 bits per heavy atom. The van der Waals surface area contributed by atoms with Gasteiger partial charge in [0.25, 0.3) is 0 Å². The Kier molecular flexibility index (Phi) is 4.02. The van der Waals surface area contributed by atoms with Crippen LogP contribution in [-0.4, -0.2) is 66.4 Å². The summed E-state index contributed by atoms with van der Waals surface area (Å²) in [6.45, 7) is 6.63. The van der Waals surface area contributed by atoms with Crippen LogP contribution in [0.4, 0.5) is 5.13 Å². The van der Waals surface area contributed by atoms with Crippen LogP contribution >= 0.6 is 11.3 Å². The quantitative estimate of drug-likeness (QED) is 0.839. The van der Waals surface area contributed by atoms with Gasteiger partial charge in [0.05, 0.1) is 5.60 Å². The van der Waals surface area contributed by atoms with Gasteiger partial charge in [-0.2, -0.15) is 0 Å². The van der Waals surface area contributed by atoms with Gasteiger partial charge >= 0.3 is 0 Å². The van der Waals surface area contributed by atoms with E-state index in [-0.39, 0.29) is 0 Å². The van der Waals surface area contributed by atoms with Crippen molar-refractivity contribution >= 4 is 16.5 Å². The van der Waals surface area contributed by atoms with Crippen LogP contribution < -0.4 is 10.2 Å². The minimum Gasteiger partial charge on any atom is -0.387 e. The number of anilines is 1. The predicted molar refractivity (Wildman–Crippen MR) is 77.8 cm³/mol. The van der Waals surface area contributed by atoms with E-state index in [4.69, 9.17) is 0 Å². The molecule has 0 bridgehead atoms. The summed E-state index contributed by atoms with van der Waals surface area (Å²) in [4.78, 5) is 9.08. The molecule has 2 N–H and O–H groups in total. The molecular formula is C13H22N4OS. The number of aliphatic hydroxyl groups is 1. The maximum atomic E-state index is 10.5. The van der Waals surface area contributed by atoms with Crippen molar-refractivity contribution in [2.24, 2.45) is 0 Å². The lowest BCUT2D eigenvalue weighted by Gasteiger charge is -2.41. The zero-order valence-corrected chi connectivity index (χ0v) is 12.0. The molecule has 2 aliphatic rings. The fourth-order valence-corrected chi connectivity index (χ4v) is 3.67. The van der Waals surface area contributed by atoms with Gasteiger partial charge in [0.2, 0.25) is 0 Å². The Bertz CT molecular complexity index is 383. The number of nitrogens with zero attached hydrogens (tertiary/aromatic N) is 3. The average molecular weight is 282 g/mol. The van der Waals surface area contributed by atoms with E-state index >= 15 is 0 Å². The minimum absolute atomic E-state index is 0.526. The summed E-state index contributed by atoms with van der Waals surface area (Å²) in [6, 6.07) is 0. The van der Waals surface area contributed by atoms with E-state index < -0.39 is 5.60 Å². The van der Waals surface area contributed by atoms with Gasteiger partial charge in [0.1, 0.15) is 0 Å². The fourth-order valence-electron chi connectivity index (χ4n) is 2.97. The highest BCUT2D eigenvalue weighted by Gasteiger charge is 2.32. The third-order valence-corrected chi connectivity index (χ3v) is 4.86. The number of piperazine rings is 1. The predicted octanol–water partition coefficient (Wildman–Crippen LogP) is 0.380. The van der Waals surface area contributed by atoms with E-state index in [1.807, 2.05) is 11.6 Å². The number of β-amino-alcohol motifs (C(OH)–C–C–N with tert-alkyl or cyclic N) is 1. The molecule has 0 amide bonds. The maximum absolute atomic E-state index is 10.5. The van der Waals surface area contributed by atoms with Crippen LogP contribution in [0.3, 0.4) is 0 Å². The lowest BCUT2D eigenvalue weighted by Crippen LogP contribution is -2.56. The summed E-state index contributed by atoms with van der Waals surface area (Å²) in [5.41, 5.74) is -0.526. The first-order valence-corrected chi connectivity index (χ1v) is 7.93. The first kappa shape index (κ1) is 13.3. The fraction of sp³-hybridized carbons (Fsp3) is 0.769. The van der Waals surface area contributed by atoms with Crippen LogP contribution in [0.5, 0.6) is 0 Å². The number of aromatic nitrogens is 1. The molecule has 0 radical (unpaired) electrons. The van der Waals surface area contributed by atoms with Crippen molar-refractivity contribution in [1.29, 1.82) is 0 Å². The van der Waals surface area contributed by atoms with Gasteiger partial charge in [0.15, 0.2) is 5.13 Å². The molecule has 5 nitrogen and oxygen atoms in total. The molecule has 1 aromatic rings. The van der Waals surface area contributed by atoms with Crippen molar-refractivity contribution in [2.45, 2.75) is 18.4 Å². The highest BCUT2D eigenvalue weighted by molar-refractivity contribution is 7.13. The molecule has 1 atom stereocenters. The van der Waals surface area contributed by atoms with Crippen LogP contribution in [0.25, 0.3) is 0 Å². The van der Waals surface area contributed by atoms with E-state index in [1.54, 1.807) is 11.3 Å². The zero-order chi connectivity index (χ0) is 13.1. The lowest BCUT2D eigenvalue weighted by molar-refractivity contribution is -0.0164. The summed E-state index contributed by atoms with van der Waals surface area (Å²) in [5.74, 6) is 0. The van der Waals surface area contributed by atoms with E-state index in [9.17, 15) is 5.11 Å². The van der Waals surface area contributed by atoms with Crippen molar-refractivity contribution in [3.8, 4) is 0 Å². The van der Waals surface area contributed by atoms with Gasteiger partial charge in [0, 0.05) is 50.8 Å². The van der Waals surface area contributed by atoms with E-state index in [1.165, 1.54) is 0 Å². The molecule has 0 aromatic carbocycles. The Labute approximate surface area is 118 Å². The number of nitrogens with one attached hydrogen (secondary N) is 1. The van der Waals surface area contributed by atoms with Crippen LogP contribution in [0.15, 0.2) is 11.6 Å². The summed E-state index contributed by atoms with van der Waals surface area (Å²) >= 11 is 1.70. The Morgan fingerprint density at radius 3 is 2.84 bits per heavy atom. The third kappa shape index (κ3) is 3.25. The summed E-state index contributed by atoms with van der Waals surface area (Å²) in [6.07, 6.45) is 3.87. The molecule has 6 heteroatoms. The number of rotatable bonds is 3. The second-order valence-electron chi connectivity index (χ2n) is 5.58. The van der Waals surface area contributed by atoms with Gasteiger partial charge < -0.3 is 15.3 Å². The Balaban J connectivity index is 1.50. The highest BCUT2D eigenvalue weighted by Crippen LogP contribution is 2.21. The van der Waals surface area contributed by atoms with Gasteiger partial charge in [-0.1, -0.05) is 0 Å². The average Bonchev–Trinajstić information content (AvgIpc) is 2.94. The molecule has 0 unspecified atom stereocenters. The SMILES string of the molecule is O[C@]1(CN2CCN(c3nccs3)CC2)CCCNC1. The van der Waals surface area contributed by atoms with Crippen LogP contribution in [0.1, 0.15) is 12.8 Å². The van der Waals surface area contributed by atoms with Gasteiger partial charge in [-0.25, -0.2) is 4.98 Å². The first-order valence-electron chi connectivity index (χ1n) is 7.05. The van der Waals surface area contributed by atoms with Crippen molar-refractivity contribution in [3.63, 3.8) is 0 Å². The Morgan fingerprint density at radius 1 is 1.37 bits per heavy atom. The van der Waals surface area contributed by atoms with Crippen molar-refractivity contribution < 1.29 is 5.11 Å². The van der Waals surface area contributed by atoms with E-state index in [2.05, 4.69) is 20.1 Å². The van der Waals surface area contributed by atoms with Crippen LogP contribution in [0.2, 0.25) is 0 Å². The van der Waals surface area contributed by atoms with Gasteiger partial charge in [-0.05, 0) is 19.4 Å². The zero-order valence-electron chi connectivity index (χ0n) is 11.2. The number of thiazole rings is 1. The third-order valence-electron chi connectivity index (χ3n) is 4.03. The van der Waals surface area contributed by atoms with Crippen LogP contribution in [0, 0.1) is 0 Å². The first-order chi connectivity index (χ1) is 9.25. The highest BCUT2D eigenvalue weighted by atomic mass is 32.1. The molecule has 2 aliphatic heterocycles. The molecule has 0 aliphatic carbocycles. The molecule has 3 rings (SSSR count). The normalized spacial score (nSPS) is 29.6. The van der Waals surface area contributed by atoms with Crippen molar-refractivity contribution in [1.82, 2.24) is 15.2 Å². The maximum Gasteiger partial charge on any atom is 0.185 e. The number of piperidine rings is 1. The molecule has 0 saturated carbocycles. The lowest BCUT2D eigenvalue weighted by atomic mass is 9.93. The smallest absolute Gasteiger partial charge is 0.185 e. The number of hydrogen-bond acceptors (Lipinski definition) is 6. The second-order valence-corrected chi connectivity index (χ2v) is 6.46. The molecule has 1 aromatic heterocycles. The number of hydrogen-bond donors (Lipinski definition) is 2. The van der Waals surface area contributed by atoms with Crippen molar-refractivity contribution in [2.75, 3.05) is 50.7 Å². The second kappa shape index (κ2) is 5.75. The minimum atomic E-state index is -0.526. The molecular weight excluding hydrogens is 260 g/mol. The van der Waals surface area contributed by atoms with Gasteiger partial charge in [-0.3, -0.25) is 4.90 Å². The summed E-state index contributed by atoms with van der Waals surface area (Å²) in [7, 11) is 0. The molecule has 2 saturated heterocycles. The van der Waals surface area contributed by atoms with E-state index in [0.29, 0.717) is 0 Å². The summed E-state index contributed by atoms with van der Waals surface area (Å²) in [5, 5.41) is 17.0. The van der Waals surface area contributed by atoms with E-state index in [0.717, 1.165) is 63.8 Å². The van der Waals surface area contributed by atoms with Gasteiger partial charge in [-0.15, -0.1) is 11.3 Å². The standard InChI is InChI=1S/C13H22N4OS/c18-13(2-1-3-14-10-13)11-16-5-7-17(8-6-16)12-15-4-9-19-12/h4,9,14,18H,1-3,5-8,10-11H2/t13-/m1/s1. The molecule has 0 spiro atoms. The topological polar surface area (TPSA) is 51.6 Å². The molecule has 3 heterocycles.